The van der Waals surface area contributed by atoms with Gasteiger partial charge in [-0.2, -0.15) is 0 Å². The third kappa shape index (κ3) is 5.63. The van der Waals surface area contributed by atoms with Crippen LogP contribution >= 0.6 is 0 Å². The zero-order valence-electron chi connectivity index (χ0n) is 31.7. The molecule has 2 aliphatic rings. The third-order valence-corrected chi connectivity index (χ3v) is 12.2. The average molecular weight is 709 g/mol. The minimum absolute atomic E-state index is 0.0669. The summed E-state index contributed by atoms with van der Waals surface area (Å²) in [5.74, 6) is 1.11. The molecule has 1 aromatic heterocycles. The molecule has 0 radical (unpaired) electrons. The minimum Gasteiger partial charge on any atom is -0.310 e. The summed E-state index contributed by atoms with van der Waals surface area (Å²) < 4.78 is 2.42. The predicted molar refractivity (Wildman–Crippen MR) is 233 cm³/mol. The van der Waals surface area contributed by atoms with Gasteiger partial charge in [0, 0.05) is 38.9 Å². The highest BCUT2D eigenvalue weighted by Crippen LogP contribution is 2.50. The summed E-state index contributed by atoms with van der Waals surface area (Å²) in [6, 6.07) is 60.6. The highest BCUT2D eigenvalue weighted by Gasteiger charge is 2.35. The Labute approximate surface area is 324 Å². The average Bonchev–Trinajstić information content (AvgIpc) is 3.68. The summed E-state index contributed by atoms with van der Waals surface area (Å²) >= 11 is 0. The molecule has 0 saturated heterocycles. The van der Waals surface area contributed by atoms with Crippen molar-refractivity contribution >= 4 is 38.9 Å². The highest BCUT2D eigenvalue weighted by atomic mass is 15.1. The monoisotopic (exact) mass is 708 g/mol. The number of nitrogens with zero attached hydrogens (tertiary/aromatic N) is 2. The number of benzene rings is 7. The van der Waals surface area contributed by atoms with Crippen molar-refractivity contribution in [3.8, 4) is 27.9 Å². The van der Waals surface area contributed by atoms with E-state index >= 15 is 0 Å². The first-order valence-corrected chi connectivity index (χ1v) is 19.6. The van der Waals surface area contributed by atoms with Gasteiger partial charge in [-0.05, 0) is 124 Å². The Morgan fingerprint density at radius 1 is 0.527 bits per heavy atom. The molecule has 0 spiro atoms. The van der Waals surface area contributed by atoms with Crippen molar-refractivity contribution in [1.29, 1.82) is 0 Å². The van der Waals surface area contributed by atoms with E-state index in [2.05, 4.69) is 218 Å². The summed E-state index contributed by atoms with van der Waals surface area (Å²) in [6.45, 7) is 7.01. The maximum absolute atomic E-state index is 2.42. The van der Waals surface area contributed by atoms with Crippen molar-refractivity contribution in [3.05, 3.63) is 205 Å². The molecule has 0 fully saturated rings. The van der Waals surface area contributed by atoms with E-state index < -0.39 is 0 Å². The lowest BCUT2D eigenvalue weighted by Gasteiger charge is -2.28. The fourth-order valence-corrected chi connectivity index (χ4v) is 9.16. The minimum atomic E-state index is -0.0669. The Balaban J connectivity index is 0.995. The summed E-state index contributed by atoms with van der Waals surface area (Å²) in [4.78, 5) is 2.38. The van der Waals surface area contributed by atoms with Gasteiger partial charge in [0.2, 0.25) is 0 Å². The van der Waals surface area contributed by atoms with E-state index in [1.807, 2.05) is 0 Å². The molecule has 0 bridgehead atoms. The van der Waals surface area contributed by atoms with Crippen molar-refractivity contribution in [1.82, 2.24) is 4.57 Å². The molecular formula is C53H44N2. The quantitative estimate of drug-likeness (QED) is 0.160. The van der Waals surface area contributed by atoms with E-state index in [9.17, 15) is 0 Å². The highest BCUT2D eigenvalue weighted by molar-refractivity contribution is 6.10. The van der Waals surface area contributed by atoms with Gasteiger partial charge in [-0.3, -0.25) is 0 Å². The first kappa shape index (κ1) is 33.2. The van der Waals surface area contributed by atoms with Gasteiger partial charge in [-0.25, -0.2) is 0 Å². The molecule has 2 nitrogen and oxygen atoms in total. The number of para-hydroxylation sites is 2. The maximum Gasteiger partial charge on any atom is 0.0541 e. The molecule has 2 unspecified atom stereocenters. The zero-order chi connectivity index (χ0) is 37.1. The molecular weight excluding hydrogens is 665 g/mol. The zero-order valence-corrected chi connectivity index (χ0v) is 31.7. The van der Waals surface area contributed by atoms with Crippen LogP contribution in [0.4, 0.5) is 17.1 Å². The molecule has 55 heavy (non-hydrogen) atoms. The number of hydrogen-bond acceptors (Lipinski definition) is 1. The lowest BCUT2D eigenvalue weighted by molar-refractivity contribution is 0.504. The van der Waals surface area contributed by atoms with E-state index in [0.717, 1.165) is 17.8 Å². The smallest absolute Gasteiger partial charge is 0.0541 e. The number of allylic oxidation sites excluding steroid dienone is 4. The van der Waals surface area contributed by atoms with E-state index in [4.69, 9.17) is 0 Å². The molecule has 2 heteroatoms. The van der Waals surface area contributed by atoms with Crippen molar-refractivity contribution in [2.24, 2.45) is 11.8 Å². The van der Waals surface area contributed by atoms with Crippen LogP contribution in [0, 0.1) is 11.8 Å². The Morgan fingerprint density at radius 2 is 1.18 bits per heavy atom. The molecule has 0 aliphatic heterocycles. The van der Waals surface area contributed by atoms with Crippen LogP contribution in [0.15, 0.2) is 188 Å². The van der Waals surface area contributed by atoms with Gasteiger partial charge in [0.15, 0.2) is 0 Å². The predicted octanol–water partition coefficient (Wildman–Crippen LogP) is 14.1. The normalized spacial score (nSPS) is 16.7. The molecule has 2 aliphatic carbocycles. The molecule has 10 rings (SSSR count). The lowest BCUT2D eigenvalue weighted by Crippen LogP contribution is -2.16. The number of hydrogen-bond donors (Lipinski definition) is 0. The lowest BCUT2D eigenvalue weighted by atomic mass is 9.82. The molecule has 0 N–H and O–H groups in total. The van der Waals surface area contributed by atoms with Crippen LogP contribution in [-0.4, -0.2) is 4.57 Å². The van der Waals surface area contributed by atoms with Crippen LogP contribution in [0.5, 0.6) is 0 Å². The largest absolute Gasteiger partial charge is 0.310 e. The van der Waals surface area contributed by atoms with Crippen molar-refractivity contribution in [2.75, 3.05) is 4.90 Å². The summed E-state index contributed by atoms with van der Waals surface area (Å²) in [5.41, 5.74) is 16.3. The summed E-state index contributed by atoms with van der Waals surface area (Å²) in [6.07, 6.45) is 10.1. The maximum atomic E-state index is 2.42. The van der Waals surface area contributed by atoms with Crippen LogP contribution in [0.2, 0.25) is 0 Å². The van der Waals surface area contributed by atoms with Crippen LogP contribution in [-0.2, 0) is 11.8 Å². The van der Waals surface area contributed by atoms with Gasteiger partial charge in [-0.1, -0.05) is 142 Å². The second kappa shape index (κ2) is 13.2. The van der Waals surface area contributed by atoms with Gasteiger partial charge in [0.1, 0.15) is 0 Å². The van der Waals surface area contributed by atoms with Gasteiger partial charge in [0.05, 0.1) is 11.0 Å². The van der Waals surface area contributed by atoms with Gasteiger partial charge in [0.25, 0.3) is 0 Å². The first-order chi connectivity index (χ1) is 26.9. The van der Waals surface area contributed by atoms with E-state index in [1.165, 1.54) is 72.1 Å². The molecule has 0 saturated carbocycles. The van der Waals surface area contributed by atoms with Gasteiger partial charge in [-0.15, -0.1) is 0 Å². The summed E-state index contributed by atoms with van der Waals surface area (Å²) in [5, 5.41) is 2.53. The molecule has 1 heterocycles. The first-order valence-electron chi connectivity index (χ1n) is 19.6. The van der Waals surface area contributed by atoms with E-state index in [-0.39, 0.29) is 5.41 Å². The Hall–Kier alpha value is -6.38. The van der Waals surface area contributed by atoms with Crippen molar-refractivity contribution < 1.29 is 0 Å². The number of fused-ring (bicyclic) bond motifs is 6. The molecule has 8 aromatic rings. The van der Waals surface area contributed by atoms with E-state index in [1.54, 1.807) is 0 Å². The second-order valence-corrected chi connectivity index (χ2v) is 15.9. The summed E-state index contributed by atoms with van der Waals surface area (Å²) in [7, 11) is 0. The molecule has 0 amide bonds. The van der Waals surface area contributed by atoms with Crippen molar-refractivity contribution in [3.63, 3.8) is 0 Å². The van der Waals surface area contributed by atoms with Gasteiger partial charge >= 0.3 is 0 Å². The fourth-order valence-electron chi connectivity index (χ4n) is 9.16. The van der Waals surface area contributed by atoms with Crippen LogP contribution in [0.3, 0.4) is 0 Å². The number of anilines is 3. The van der Waals surface area contributed by atoms with Crippen LogP contribution < -0.4 is 4.90 Å². The molecule has 2 atom stereocenters. The van der Waals surface area contributed by atoms with Gasteiger partial charge < -0.3 is 9.47 Å². The SMILES string of the molecule is CC1C=CC=CC1Cc1ccc(-n2c3ccccc3c3cc(-c4ccc(N(c5ccccc5)c5ccc6c(c5)C(C)(C)c5ccccc5-6)cc4)ccc32)cc1. The van der Waals surface area contributed by atoms with E-state index in [0.29, 0.717) is 11.8 Å². The topological polar surface area (TPSA) is 8.17 Å². The Morgan fingerprint density at radius 3 is 2.00 bits per heavy atom. The molecule has 266 valence electrons. The fraction of sp³-hybridized carbons (Fsp3) is 0.132. The third-order valence-electron chi connectivity index (χ3n) is 12.2. The van der Waals surface area contributed by atoms with Crippen LogP contribution in [0.1, 0.15) is 37.5 Å². The van der Waals surface area contributed by atoms with Crippen LogP contribution in [0.25, 0.3) is 49.7 Å². The molecule has 7 aromatic carbocycles. The second-order valence-electron chi connectivity index (χ2n) is 15.9. The Bertz CT molecular complexity index is 2760. The standard InChI is InChI=1S/C53H44N2/c1-36-13-7-8-14-39(36)33-37-21-26-43(27-22-37)55-51-20-12-10-18-47(51)48-34-40(25-32-52(48)55)38-23-28-42(29-24-38)54(41-15-5-4-6-16-41)44-30-31-46-45-17-9-11-19-49(45)53(2,3)50(46)35-44/h4-32,34-36,39H,33H2,1-3H3. The van der Waals surface area contributed by atoms with Crippen molar-refractivity contribution in [2.45, 2.75) is 32.6 Å². The number of aromatic nitrogens is 1. The Kier molecular flexibility index (Phi) is 7.96. The number of rotatable bonds is 7.